The van der Waals surface area contributed by atoms with Gasteiger partial charge in [-0.1, -0.05) is 152 Å². The maximum atomic E-state index is 2.54. The van der Waals surface area contributed by atoms with Crippen LogP contribution in [0.4, 0.5) is 17.1 Å². The highest BCUT2D eigenvalue weighted by Gasteiger charge is 2.61. The van der Waals surface area contributed by atoms with Crippen molar-refractivity contribution in [3.05, 3.63) is 199 Å². The number of fused-ring (bicyclic) bond motifs is 4. The average molecular weight is 732 g/mol. The van der Waals surface area contributed by atoms with E-state index in [4.69, 9.17) is 0 Å². The molecular weight excluding hydrogens is 687 g/mol. The molecule has 0 N–H and O–H groups in total. The van der Waals surface area contributed by atoms with Crippen LogP contribution in [0.25, 0.3) is 55.3 Å². The second-order valence-corrected chi connectivity index (χ2v) is 17.4. The summed E-state index contributed by atoms with van der Waals surface area (Å²) >= 11 is 0. The van der Waals surface area contributed by atoms with E-state index in [0.29, 0.717) is 0 Å². The first-order valence-electron chi connectivity index (χ1n) is 21.1. The molecule has 4 fully saturated rings. The molecule has 1 spiro atoms. The third kappa shape index (κ3) is 5.14. The number of rotatable bonds is 6. The highest BCUT2D eigenvalue weighted by atomic mass is 15.1. The third-order valence-electron chi connectivity index (χ3n) is 14.5. The van der Waals surface area contributed by atoms with Gasteiger partial charge in [-0.3, -0.25) is 0 Å². The van der Waals surface area contributed by atoms with E-state index in [1.807, 2.05) is 0 Å². The van der Waals surface area contributed by atoms with E-state index in [2.05, 4.69) is 193 Å². The molecule has 0 atom stereocenters. The molecule has 0 amide bonds. The molecule has 0 radical (unpaired) electrons. The van der Waals surface area contributed by atoms with Crippen LogP contribution in [0.5, 0.6) is 0 Å². The van der Waals surface area contributed by atoms with Crippen molar-refractivity contribution in [3.8, 4) is 44.5 Å². The second kappa shape index (κ2) is 12.9. The Bertz CT molecular complexity index is 2740. The molecule has 0 aromatic heterocycles. The van der Waals surface area contributed by atoms with Gasteiger partial charge in [0.2, 0.25) is 0 Å². The number of anilines is 3. The topological polar surface area (TPSA) is 3.24 Å². The lowest BCUT2D eigenvalue weighted by atomic mass is 9.43. The minimum atomic E-state index is 0.210. The van der Waals surface area contributed by atoms with Crippen molar-refractivity contribution in [1.29, 1.82) is 0 Å². The highest BCUT2D eigenvalue weighted by molar-refractivity contribution is 5.99. The lowest BCUT2D eigenvalue weighted by Crippen LogP contribution is -2.55. The zero-order valence-electron chi connectivity index (χ0n) is 32.2. The number of benzene rings is 8. The first-order chi connectivity index (χ1) is 28.2. The van der Waals surface area contributed by atoms with Crippen molar-refractivity contribution >= 4 is 27.8 Å². The molecule has 4 saturated carbocycles. The van der Waals surface area contributed by atoms with E-state index >= 15 is 0 Å². The van der Waals surface area contributed by atoms with Gasteiger partial charge in [-0.2, -0.15) is 0 Å². The Morgan fingerprint density at radius 2 is 0.860 bits per heavy atom. The van der Waals surface area contributed by atoms with E-state index < -0.39 is 0 Å². The normalized spacial score (nSPS) is 22.5. The molecule has 1 heteroatoms. The molecule has 0 aliphatic heterocycles. The smallest absolute Gasteiger partial charge is 0.0540 e. The van der Waals surface area contributed by atoms with Gasteiger partial charge >= 0.3 is 0 Å². The van der Waals surface area contributed by atoms with Crippen molar-refractivity contribution in [2.24, 2.45) is 23.7 Å². The summed E-state index contributed by atoms with van der Waals surface area (Å²) in [6.07, 6.45) is 7.16. The van der Waals surface area contributed by atoms with E-state index in [9.17, 15) is 0 Å². The molecule has 0 unspecified atom stereocenters. The van der Waals surface area contributed by atoms with Gasteiger partial charge in [0, 0.05) is 22.2 Å². The monoisotopic (exact) mass is 731 g/mol. The summed E-state index contributed by atoms with van der Waals surface area (Å²) in [7, 11) is 0. The fourth-order valence-corrected chi connectivity index (χ4v) is 12.3. The molecule has 274 valence electrons. The first-order valence-corrected chi connectivity index (χ1v) is 21.1. The molecule has 57 heavy (non-hydrogen) atoms. The average Bonchev–Trinajstić information content (AvgIpc) is 3.56. The minimum Gasteiger partial charge on any atom is -0.310 e. The predicted molar refractivity (Wildman–Crippen MR) is 238 cm³/mol. The SMILES string of the molecule is c1ccc(-c2ccc(-c3ccc(N(c4ccc(-c5ccc6c(c5)-c5ccccc5C65C6CC7CC(C6)CC5C7)cc4)c4cccc5ccccc45)cc3)cc2)cc1. The largest absolute Gasteiger partial charge is 0.310 e. The van der Waals surface area contributed by atoms with Crippen LogP contribution >= 0.6 is 0 Å². The van der Waals surface area contributed by atoms with Crippen LogP contribution in [-0.4, -0.2) is 0 Å². The zero-order valence-corrected chi connectivity index (χ0v) is 32.2. The van der Waals surface area contributed by atoms with Gasteiger partial charge in [-0.25, -0.2) is 0 Å². The fourth-order valence-electron chi connectivity index (χ4n) is 12.3. The predicted octanol–water partition coefficient (Wildman–Crippen LogP) is 15.0. The molecule has 4 bridgehead atoms. The summed E-state index contributed by atoms with van der Waals surface area (Å²) < 4.78 is 0. The second-order valence-electron chi connectivity index (χ2n) is 17.4. The lowest BCUT2D eigenvalue weighted by molar-refractivity contribution is -0.0399. The summed E-state index contributed by atoms with van der Waals surface area (Å²) in [5.41, 5.74) is 17.3. The van der Waals surface area contributed by atoms with E-state index in [0.717, 1.165) is 35.0 Å². The first kappa shape index (κ1) is 33.0. The lowest BCUT2D eigenvalue weighted by Gasteiger charge is -2.61. The molecule has 0 saturated heterocycles. The molecule has 8 aromatic carbocycles. The van der Waals surface area contributed by atoms with Gasteiger partial charge in [0.1, 0.15) is 0 Å². The maximum absolute atomic E-state index is 2.54. The van der Waals surface area contributed by atoms with E-state index in [1.165, 1.54) is 93.1 Å². The molecular formula is C56H45N. The van der Waals surface area contributed by atoms with E-state index in [1.54, 1.807) is 11.1 Å². The van der Waals surface area contributed by atoms with Crippen molar-refractivity contribution in [2.45, 2.75) is 37.5 Å². The molecule has 5 aliphatic carbocycles. The Hall–Kier alpha value is -6.18. The molecule has 13 rings (SSSR count). The van der Waals surface area contributed by atoms with Gasteiger partial charge in [0.15, 0.2) is 0 Å². The summed E-state index contributed by atoms with van der Waals surface area (Å²) in [6, 6.07) is 70.2. The molecule has 1 nitrogen and oxygen atoms in total. The number of hydrogen-bond donors (Lipinski definition) is 0. The Morgan fingerprint density at radius 3 is 1.53 bits per heavy atom. The summed E-state index contributed by atoms with van der Waals surface area (Å²) in [6.45, 7) is 0. The molecule has 8 aromatic rings. The maximum Gasteiger partial charge on any atom is 0.0540 e. The van der Waals surface area contributed by atoms with Crippen LogP contribution in [-0.2, 0) is 5.41 Å². The number of hydrogen-bond acceptors (Lipinski definition) is 1. The molecule has 5 aliphatic rings. The minimum absolute atomic E-state index is 0.210. The molecule has 0 heterocycles. The van der Waals surface area contributed by atoms with Crippen molar-refractivity contribution < 1.29 is 0 Å². The summed E-state index contributed by atoms with van der Waals surface area (Å²) in [5, 5.41) is 2.47. The Balaban J connectivity index is 0.907. The van der Waals surface area contributed by atoms with Crippen LogP contribution in [0.15, 0.2) is 188 Å². The van der Waals surface area contributed by atoms with Gasteiger partial charge in [-0.05, 0) is 153 Å². The zero-order chi connectivity index (χ0) is 37.5. The summed E-state index contributed by atoms with van der Waals surface area (Å²) in [4.78, 5) is 2.42. The van der Waals surface area contributed by atoms with Crippen molar-refractivity contribution in [3.63, 3.8) is 0 Å². The van der Waals surface area contributed by atoms with E-state index in [-0.39, 0.29) is 5.41 Å². The number of nitrogens with zero attached hydrogens (tertiary/aromatic N) is 1. The van der Waals surface area contributed by atoms with Gasteiger partial charge in [0.05, 0.1) is 5.69 Å². The van der Waals surface area contributed by atoms with Crippen LogP contribution in [0, 0.1) is 23.7 Å². The summed E-state index contributed by atoms with van der Waals surface area (Å²) in [5.74, 6) is 3.48. The van der Waals surface area contributed by atoms with Gasteiger partial charge in [-0.15, -0.1) is 0 Å². The van der Waals surface area contributed by atoms with Crippen molar-refractivity contribution in [2.75, 3.05) is 4.90 Å². The standard InChI is InChI=1S/C56H45N/c1-2-9-39(10-3-1)40-17-19-41(20-18-40)42-21-26-48(27-22-42)57(55-16-8-12-44-11-4-5-13-50(44)55)49-28-23-43(24-29-49)45-25-30-54-52(36-45)51-14-6-7-15-53(51)56(54)46-32-37-31-38(34-46)35-47(56)33-37/h1-30,36-38,46-47H,31-35H2. The van der Waals surface area contributed by atoms with Crippen LogP contribution in [0.2, 0.25) is 0 Å². The van der Waals surface area contributed by atoms with Gasteiger partial charge < -0.3 is 4.90 Å². The fraction of sp³-hybridized carbons (Fsp3) is 0.179. The Kier molecular flexibility index (Phi) is 7.49. The third-order valence-corrected chi connectivity index (χ3v) is 14.5. The Morgan fingerprint density at radius 1 is 0.368 bits per heavy atom. The van der Waals surface area contributed by atoms with Crippen LogP contribution in [0.1, 0.15) is 43.2 Å². The van der Waals surface area contributed by atoms with Crippen molar-refractivity contribution in [1.82, 2.24) is 0 Å². The van der Waals surface area contributed by atoms with Gasteiger partial charge in [0.25, 0.3) is 0 Å². The highest BCUT2D eigenvalue weighted by Crippen LogP contribution is 2.69. The van der Waals surface area contributed by atoms with Crippen LogP contribution < -0.4 is 4.90 Å². The quantitative estimate of drug-likeness (QED) is 0.165. The Labute approximate surface area is 336 Å². The van der Waals surface area contributed by atoms with Crippen LogP contribution in [0.3, 0.4) is 0 Å².